The third-order valence-electron chi connectivity index (χ3n) is 6.40. The molecule has 0 unspecified atom stereocenters. The highest BCUT2D eigenvalue weighted by atomic mass is 16.7. The maximum atomic E-state index is 12.7. The van der Waals surface area contributed by atoms with Crippen LogP contribution in [0.4, 0.5) is 0 Å². The lowest BCUT2D eigenvalue weighted by Gasteiger charge is -2.19. The van der Waals surface area contributed by atoms with E-state index in [9.17, 15) is 19.2 Å². The quantitative estimate of drug-likeness (QED) is 0.0863. The Bertz CT molecular complexity index is 850. The van der Waals surface area contributed by atoms with E-state index in [0.717, 1.165) is 32.1 Å². The number of rotatable bonds is 19. The molecule has 0 saturated carbocycles. The Kier molecular flexibility index (Phi) is 15.0. The van der Waals surface area contributed by atoms with Crippen LogP contribution in [0.5, 0.6) is 0 Å². The molecule has 1 fully saturated rings. The van der Waals surface area contributed by atoms with E-state index in [1.54, 1.807) is 30.3 Å². The number of ether oxygens (including phenoxy) is 1. The molecule has 2 rings (SSSR count). The van der Waals surface area contributed by atoms with Crippen LogP contribution in [0.1, 0.15) is 121 Å². The van der Waals surface area contributed by atoms with Gasteiger partial charge in [0.05, 0.1) is 0 Å². The lowest BCUT2D eigenvalue weighted by molar-refractivity contribution is -0.206. The van der Waals surface area contributed by atoms with Crippen LogP contribution in [0.25, 0.3) is 0 Å². The van der Waals surface area contributed by atoms with Gasteiger partial charge in [-0.05, 0) is 32.1 Å². The number of allylic oxidation sites excluding steroid dienone is 2. The minimum atomic E-state index is -1.34. The summed E-state index contributed by atoms with van der Waals surface area (Å²) in [6, 6.07) is 8.45. The largest absolute Gasteiger partial charge is 0.445 e. The van der Waals surface area contributed by atoms with Crippen molar-refractivity contribution in [3.63, 3.8) is 0 Å². The molecule has 37 heavy (non-hydrogen) atoms. The Morgan fingerprint density at radius 2 is 1.35 bits per heavy atom. The number of nitrogens with zero attached hydrogens (tertiary/aromatic N) is 1. The smallest absolute Gasteiger partial charge is 0.378 e. The molecule has 0 aromatic heterocycles. The van der Waals surface area contributed by atoms with Crippen LogP contribution < -0.4 is 0 Å². The molecule has 204 valence electrons. The Hall–Kier alpha value is -2.96. The van der Waals surface area contributed by atoms with Gasteiger partial charge in [-0.3, -0.25) is 14.4 Å². The monoisotopic (exact) mass is 513 g/mol. The highest BCUT2D eigenvalue weighted by Crippen LogP contribution is 2.23. The summed E-state index contributed by atoms with van der Waals surface area (Å²) in [5.41, 5.74) is 0.421. The number of hydroxylamine groups is 2. The number of imide groups is 1. The van der Waals surface area contributed by atoms with Crippen molar-refractivity contribution >= 4 is 23.8 Å². The number of hydrogen-bond acceptors (Lipinski definition) is 6. The van der Waals surface area contributed by atoms with Gasteiger partial charge in [-0.25, -0.2) is 4.79 Å². The zero-order valence-corrected chi connectivity index (χ0v) is 22.3. The van der Waals surface area contributed by atoms with Gasteiger partial charge in [0.15, 0.2) is 0 Å². The minimum Gasteiger partial charge on any atom is -0.445 e. The second-order valence-electron chi connectivity index (χ2n) is 9.61. The maximum absolute atomic E-state index is 12.7. The average Bonchev–Trinajstić information content (AvgIpc) is 3.22. The second-order valence-corrected chi connectivity index (χ2v) is 9.61. The van der Waals surface area contributed by atoms with E-state index < -0.39 is 29.9 Å². The fourth-order valence-electron chi connectivity index (χ4n) is 4.21. The maximum Gasteiger partial charge on any atom is 0.378 e. The van der Waals surface area contributed by atoms with E-state index in [-0.39, 0.29) is 19.3 Å². The van der Waals surface area contributed by atoms with Crippen molar-refractivity contribution in [3.05, 3.63) is 48.0 Å². The first-order valence-electron chi connectivity index (χ1n) is 14.0. The van der Waals surface area contributed by atoms with Crippen LogP contribution in [0.15, 0.2) is 42.5 Å². The molecule has 1 saturated heterocycles. The number of carbonyl (C=O) groups excluding carboxylic acids is 4. The van der Waals surface area contributed by atoms with Gasteiger partial charge in [-0.15, -0.1) is 5.06 Å². The summed E-state index contributed by atoms with van der Waals surface area (Å²) in [7, 11) is 0. The zero-order chi connectivity index (χ0) is 26.7. The van der Waals surface area contributed by atoms with Gasteiger partial charge in [0.2, 0.25) is 6.10 Å². The lowest BCUT2D eigenvalue weighted by Crippen LogP contribution is -2.35. The predicted molar refractivity (Wildman–Crippen MR) is 142 cm³/mol. The van der Waals surface area contributed by atoms with Gasteiger partial charge in [-0.1, -0.05) is 101 Å². The zero-order valence-electron chi connectivity index (χ0n) is 22.3. The molecule has 7 heteroatoms. The Morgan fingerprint density at radius 1 is 0.811 bits per heavy atom. The summed E-state index contributed by atoms with van der Waals surface area (Å²) in [6.07, 6.45) is 18.6. The summed E-state index contributed by atoms with van der Waals surface area (Å²) in [5.74, 6) is -2.63. The average molecular weight is 514 g/mol. The Balaban J connectivity index is 1.62. The third kappa shape index (κ3) is 12.2. The summed E-state index contributed by atoms with van der Waals surface area (Å²) in [5, 5.41) is 0.468. The number of carbonyl (C=O) groups is 4. The fourth-order valence-corrected chi connectivity index (χ4v) is 4.21. The van der Waals surface area contributed by atoms with Crippen LogP contribution in [0, 0.1) is 0 Å². The molecule has 0 aliphatic carbocycles. The first-order chi connectivity index (χ1) is 18.0. The SMILES string of the molecule is CCCCCCCCC=CCCCCCCCC(=O)O[C@H](C(=O)ON1C(=O)CCC1=O)c1ccccc1. The van der Waals surface area contributed by atoms with Gasteiger partial charge >= 0.3 is 11.9 Å². The van der Waals surface area contributed by atoms with Crippen molar-refractivity contribution < 1.29 is 28.8 Å². The van der Waals surface area contributed by atoms with Gasteiger partial charge in [0, 0.05) is 24.8 Å². The number of amides is 2. The van der Waals surface area contributed by atoms with Crippen molar-refractivity contribution in [1.29, 1.82) is 0 Å². The molecule has 0 bridgehead atoms. The van der Waals surface area contributed by atoms with Crippen LogP contribution in [0.3, 0.4) is 0 Å². The van der Waals surface area contributed by atoms with Crippen LogP contribution >= 0.6 is 0 Å². The molecule has 1 aliphatic rings. The first-order valence-corrected chi connectivity index (χ1v) is 14.0. The highest BCUT2D eigenvalue weighted by molar-refractivity contribution is 6.01. The Labute approximate surface area is 221 Å². The molecular formula is C30H43NO6. The van der Waals surface area contributed by atoms with E-state index >= 15 is 0 Å². The van der Waals surface area contributed by atoms with E-state index in [2.05, 4.69) is 19.1 Å². The molecule has 1 aromatic carbocycles. The molecule has 7 nitrogen and oxygen atoms in total. The normalized spacial score (nSPS) is 14.4. The van der Waals surface area contributed by atoms with Crippen molar-refractivity contribution in [2.45, 2.75) is 116 Å². The van der Waals surface area contributed by atoms with Crippen molar-refractivity contribution in [3.8, 4) is 0 Å². The molecule has 1 aliphatic heterocycles. The number of unbranched alkanes of at least 4 members (excludes halogenated alkanes) is 11. The molecule has 1 heterocycles. The van der Waals surface area contributed by atoms with Crippen LogP contribution in [0.2, 0.25) is 0 Å². The van der Waals surface area contributed by atoms with E-state index in [0.29, 0.717) is 17.0 Å². The number of benzene rings is 1. The molecule has 0 radical (unpaired) electrons. The van der Waals surface area contributed by atoms with E-state index in [1.165, 1.54) is 44.9 Å². The van der Waals surface area contributed by atoms with Crippen LogP contribution in [-0.4, -0.2) is 28.8 Å². The summed E-state index contributed by atoms with van der Waals surface area (Å²) >= 11 is 0. The topological polar surface area (TPSA) is 90.0 Å². The van der Waals surface area contributed by atoms with Crippen molar-refractivity contribution in [2.75, 3.05) is 0 Å². The lowest BCUT2D eigenvalue weighted by atomic mass is 10.1. The predicted octanol–water partition coefficient (Wildman–Crippen LogP) is 6.92. The molecule has 1 atom stereocenters. The van der Waals surface area contributed by atoms with Gasteiger partial charge in [-0.2, -0.15) is 0 Å². The van der Waals surface area contributed by atoms with E-state index in [1.807, 2.05) is 0 Å². The van der Waals surface area contributed by atoms with Crippen molar-refractivity contribution in [1.82, 2.24) is 5.06 Å². The minimum absolute atomic E-state index is 0.00259. The van der Waals surface area contributed by atoms with Gasteiger partial charge in [0.1, 0.15) is 0 Å². The molecule has 1 aromatic rings. The third-order valence-corrected chi connectivity index (χ3v) is 6.40. The number of hydrogen-bond donors (Lipinski definition) is 0. The van der Waals surface area contributed by atoms with Crippen molar-refractivity contribution in [2.24, 2.45) is 0 Å². The van der Waals surface area contributed by atoms with E-state index in [4.69, 9.17) is 9.57 Å². The Morgan fingerprint density at radius 3 is 1.95 bits per heavy atom. The van der Waals surface area contributed by atoms with Gasteiger partial charge < -0.3 is 9.57 Å². The molecule has 2 amide bonds. The summed E-state index contributed by atoms with van der Waals surface area (Å²) < 4.78 is 5.43. The second kappa shape index (κ2) is 18.3. The molecule has 0 N–H and O–H groups in total. The highest BCUT2D eigenvalue weighted by Gasteiger charge is 2.36. The number of esters is 1. The first kappa shape index (κ1) is 30.3. The standard InChI is InChI=1S/C30H43NO6/c1-2-3-4-5-6-7-8-9-10-11-12-13-14-15-19-22-28(34)36-29(25-20-17-16-18-21-25)30(35)37-31-26(32)23-24-27(31)33/h9-10,16-18,20-21,29H,2-8,11-15,19,22-24H2,1H3/t29-/m0/s1. The summed E-state index contributed by atoms with van der Waals surface area (Å²) in [6.45, 7) is 2.24. The van der Waals surface area contributed by atoms with Gasteiger partial charge in [0.25, 0.3) is 11.8 Å². The fraction of sp³-hybridized carbons (Fsp3) is 0.600. The summed E-state index contributed by atoms with van der Waals surface area (Å²) in [4.78, 5) is 53.7. The molecule has 0 spiro atoms. The molecular weight excluding hydrogens is 470 g/mol. The van der Waals surface area contributed by atoms with Crippen LogP contribution in [-0.2, 0) is 28.8 Å².